The summed E-state index contributed by atoms with van der Waals surface area (Å²) in [5.41, 5.74) is 1.79. The van der Waals surface area contributed by atoms with Gasteiger partial charge in [-0.1, -0.05) is 23.7 Å². The van der Waals surface area contributed by atoms with Crippen molar-refractivity contribution in [2.24, 2.45) is 0 Å². The zero-order chi connectivity index (χ0) is 14.4. The molecule has 1 amide bonds. The van der Waals surface area contributed by atoms with Crippen molar-refractivity contribution in [2.45, 2.75) is 19.6 Å². The number of benzene rings is 1. The molecule has 2 aromatic rings. The third kappa shape index (κ3) is 4.59. The summed E-state index contributed by atoms with van der Waals surface area (Å²) in [5.74, 6) is -0.0470. The number of amides is 1. The monoisotopic (exact) mass is 310 g/mol. The fourth-order valence-corrected chi connectivity index (χ4v) is 2.54. The molecule has 0 fully saturated rings. The number of aromatic nitrogens is 1. The van der Waals surface area contributed by atoms with Crippen LogP contribution in [0, 0.1) is 0 Å². The van der Waals surface area contributed by atoms with E-state index in [1.165, 1.54) is 11.3 Å². The van der Waals surface area contributed by atoms with Gasteiger partial charge in [-0.2, -0.15) is 0 Å². The molecule has 1 N–H and O–H groups in total. The molecule has 1 aromatic carbocycles. The van der Waals surface area contributed by atoms with E-state index in [-0.39, 0.29) is 12.3 Å². The van der Waals surface area contributed by atoms with E-state index in [0.717, 1.165) is 16.3 Å². The van der Waals surface area contributed by atoms with Crippen LogP contribution in [0.15, 0.2) is 29.6 Å². The molecule has 106 valence electrons. The number of thiazole rings is 1. The predicted molar refractivity (Wildman–Crippen MR) is 79.8 cm³/mol. The second-order valence-electron chi connectivity index (χ2n) is 4.25. The highest BCUT2D eigenvalue weighted by atomic mass is 35.5. The van der Waals surface area contributed by atoms with E-state index in [0.29, 0.717) is 18.2 Å². The van der Waals surface area contributed by atoms with Crippen LogP contribution in [0.5, 0.6) is 0 Å². The Balaban J connectivity index is 1.81. The first-order valence-electron chi connectivity index (χ1n) is 6.10. The Morgan fingerprint density at radius 3 is 2.85 bits per heavy atom. The number of rotatable bonds is 6. The van der Waals surface area contributed by atoms with Crippen LogP contribution in [-0.4, -0.2) is 18.0 Å². The number of hydrogen-bond acceptors (Lipinski definition) is 4. The van der Waals surface area contributed by atoms with Crippen LogP contribution in [0.3, 0.4) is 0 Å². The molecule has 0 unspecified atom stereocenters. The number of hydrogen-bond donors (Lipinski definition) is 1. The molecular weight excluding hydrogens is 296 g/mol. The molecule has 0 aliphatic rings. The second kappa shape index (κ2) is 7.38. The van der Waals surface area contributed by atoms with Crippen molar-refractivity contribution in [3.63, 3.8) is 0 Å². The molecule has 2 rings (SSSR count). The molecule has 0 aliphatic carbocycles. The standard InChI is InChI=1S/C14H15ClN2O2S/c1-19-8-14-17-12(9-20-14)6-13(18)16-7-10-2-4-11(15)5-3-10/h2-5,9H,6-8H2,1H3,(H,16,18). The van der Waals surface area contributed by atoms with Crippen LogP contribution in [0.2, 0.25) is 5.02 Å². The zero-order valence-electron chi connectivity index (χ0n) is 11.1. The molecule has 4 nitrogen and oxygen atoms in total. The van der Waals surface area contributed by atoms with E-state index in [1.54, 1.807) is 19.2 Å². The molecule has 0 saturated carbocycles. The molecule has 0 spiro atoms. The maximum Gasteiger partial charge on any atom is 0.226 e. The minimum absolute atomic E-state index is 0.0470. The second-order valence-corrected chi connectivity index (χ2v) is 5.62. The van der Waals surface area contributed by atoms with Gasteiger partial charge in [0.05, 0.1) is 18.7 Å². The van der Waals surface area contributed by atoms with Gasteiger partial charge in [-0.05, 0) is 17.7 Å². The Morgan fingerprint density at radius 2 is 2.15 bits per heavy atom. The fraction of sp³-hybridized carbons (Fsp3) is 0.286. The normalized spacial score (nSPS) is 10.5. The minimum Gasteiger partial charge on any atom is -0.378 e. The van der Waals surface area contributed by atoms with E-state index < -0.39 is 0 Å². The summed E-state index contributed by atoms with van der Waals surface area (Å²) >= 11 is 7.31. The van der Waals surface area contributed by atoms with Crippen molar-refractivity contribution >= 4 is 28.8 Å². The lowest BCUT2D eigenvalue weighted by atomic mass is 10.2. The van der Waals surface area contributed by atoms with Crippen LogP contribution < -0.4 is 5.32 Å². The molecule has 0 radical (unpaired) electrons. The Hall–Kier alpha value is -1.43. The van der Waals surface area contributed by atoms with Crippen LogP contribution in [0.1, 0.15) is 16.3 Å². The maximum absolute atomic E-state index is 11.8. The summed E-state index contributed by atoms with van der Waals surface area (Å²) < 4.78 is 5.00. The molecule has 20 heavy (non-hydrogen) atoms. The number of ether oxygens (including phenoxy) is 1. The van der Waals surface area contributed by atoms with Crippen molar-refractivity contribution in [1.82, 2.24) is 10.3 Å². The Bertz CT molecular complexity index is 569. The lowest BCUT2D eigenvalue weighted by molar-refractivity contribution is -0.120. The molecular formula is C14H15ClN2O2S. The molecule has 0 aliphatic heterocycles. The van der Waals surface area contributed by atoms with Gasteiger partial charge in [0.2, 0.25) is 5.91 Å². The number of nitrogens with one attached hydrogen (secondary N) is 1. The first-order valence-corrected chi connectivity index (χ1v) is 7.36. The van der Waals surface area contributed by atoms with Gasteiger partial charge in [0.15, 0.2) is 0 Å². The lowest BCUT2D eigenvalue weighted by Crippen LogP contribution is -2.24. The van der Waals surface area contributed by atoms with Crippen molar-refractivity contribution < 1.29 is 9.53 Å². The van der Waals surface area contributed by atoms with Crippen molar-refractivity contribution in [3.8, 4) is 0 Å². The van der Waals surface area contributed by atoms with Gasteiger partial charge in [0.25, 0.3) is 0 Å². The highest BCUT2D eigenvalue weighted by molar-refractivity contribution is 7.09. The van der Waals surface area contributed by atoms with Crippen LogP contribution >= 0.6 is 22.9 Å². The molecule has 6 heteroatoms. The summed E-state index contributed by atoms with van der Waals surface area (Å²) in [4.78, 5) is 16.1. The number of nitrogens with zero attached hydrogens (tertiary/aromatic N) is 1. The maximum atomic E-state index is 11.8. The number of halogens is 1. The SMILES string of the molecule is COCc1nc(CC(=O)NCc2ccc(Cl)cc2)cs1. The summed E-state index contributed by atoms with van der Waals surface area (Å²) in [6.45, 7) is 0.974. The summed E-state index contributed by atoms with van der Waals surface area (Å²) in [6.07, 6.45) is 0.286. The summed E-state index contributed by atoms with van der Waals surface area (Å²) in [7, 11) is 1.62. The van der Waals surface area contributed by atoms with Crippen LogP contribution in [-0.2, 0) is 29.1 Å². The van der Waals surface area contributed by atoms with E-state index in [1.807, 2.05) is 17.5 Å². The number of carbonyl (C=O) groups excluding carboxylic acids is 1. The van der Waals surface area contributed by atoms with Crippen molar-refractivity contribution in [2.75, 3.05) is 7.11 Å². The van der Waals surface area contributed by atoms with E-state index in [2.05, 4.69) is 10.3 Å². The topological polar surface area (TPSA) is 51.2 Å². The van der Waals surface area contributed by atoms with Gasteiger partial charge < -0.3 is 10.1 Å². The smallest absolute Gasteiger partial charge is 0.226 e. The highest BCUT2D eigenvalue weighted by Crippen LogP contribution is 2.12. The average molecular weight is 311 g/mol. The molecule has 1 heterocycles. The predicted octanol–water partition coefficient (Wildman–Crippen LogP) is 2.80. The van der Waals surface area contributed by atoms with E-state index in [9.17, 15) is 4.79 Å². The summed E-state index contributed by atoms with van der Waals surface area (Å²) in [5, 5.41) is 6.32. The van der Waals surface area contributed by atoms with E-state index in [4.69, 9.17) is 16.3 Å². The van der Waals surface area contributed by atoms with Crippen molar-refractivity contribution in [3.05, 3.63) is 50.9 Å². The molecule has 0 saturated heterocycles. The third-order valence-electron chi connectivity index (χ3n) is 2.61. The van der Waals surface area contributed by atoms with Gasteiger partial charge in [0.1, 0.15) is 5.01 Å². The molecule has 1 aromatic heterocycles. The zero-order valence-corrected chi connectivity index (χ0v) is 12.6. The highest BCUT2D eigenvalue weighted by Gasteiger charge is 2.07. The van der Waals surface area contributed by atoms with Crippen LogP contribution in [0.4, 0.5) is 0 Å². The third-order valence-corrected chi connectivity index (χ3v) is 3.73. The Morgan fingerprint density at radius 1 is 1.40 bits per heavy atom. The molecule has 0 atom stereocenters. The first-order chi connectivity index (χ1) is 9.67. The Kier molecular flexibility index (Phi) is 5.52. The minimum atomic E-state index is -0.0470. The number of methoxy groups -OCH3 is 1. The van der Waals surface area contributed by atoms with Gasteiger partial charge in [-0.15, -0.1) is 11.3 Å². The number of carbonyl (C=O) groups is 1. The molecule has 0 bridgehead atoms. The average Bonchev–Trinajstić information content (AvgIpc) is 2.86. The first kappa shape index (κ1) is 15.0. The lowest BCUT2D eigenvalue weighted by Gasteiger charge is -2.04. The van der Waals surface area contributed by atoms with Crippen LogP contribution in [0.25, 0.3) is 0 Å². The van der Waals surface area contributed by atoms with Crippen molar-refractivity contribution in [1.29, 1.82) is 0 Å². The quantitative estimate of drug-likeness (QED) is 0.892. The van der Waals surface area contributed by atoms with Gasteiger partial charge in [-0.25, -0.2) is 4.98 Å². The van der Waals surface area contributed by atoms with E-state index >= 15 is 0 Å². The fourth-order valence-electron chi connectivity index (χ4n) is 1.65. The van der Waals surface area contributed by atoms with Gasteiger partial charge in [-0.3, -0.25) is 4.79 Å². The largest absolute Gasteiger partial charge is 0.378 e. The summed E-state index contributed by atoms with van der Waals surface area (Å²) in [6, 6.07) is 7.39. The Labute approximate surface area is 126 Å². The van der Waals surface area contributed by atoms with Gasteiger partial charge >= 0.3 is 0 Å². The van der Waals surface area contributed by atoms with Gasteiger partial charge in [0, 0.05) is 24.1 Å².